The highest BCUT2D eigenvalue weighted by molar-refractivity contribution is 5.74. The monoisotopic (exact) mass is 370 g/mol. The van der Waals surface area contributed by atoms with E-state index in [1.807, 2.05) is 0 Å². The first-order chi connectivity index (χ1) is 12.5. The Balaban J connectivity index is 4.58. The molecule has 0 radical (unpaired) electrons. The molecule has 0 aliphatic heterocycles. The predicted octanol–water partition coefficient (Wildman–Crippen LogP) is 4.75. The number of hydrogen-bond acceptors (Lipinski definition) is 4. The van der Waals surface area contributed by atoms with Gasteiger partial charge in [-0.25, -0.2) is 0 Å². The third-order valence-electron chi connectivity index (χ3n) is 4.57. The summed E-state index contributed by atoms with van der Waals surface area (Å²) in [5.41, 5.74) is -0.758. The molecule has 2 N–H and O–H groups in total. The van der Waals surface area contributed by atoms with Crippen LogP contribution >= 0.6 is 0 Å². The van der Waals surface area contributed by atoms with Crippen LogP contribution in [0.25, 0.3) is 0 Å². The number of carboxylic acid groups (broad SMARTS) is 2. The summed E-state index contributed by atoms with van der Waals surface area (Å²) in [6.07, 6.45) is 9.89. The van der Waals surface area contributed by atoms with Crippen LogP contribution in [0.3, 0.4) is 0 Å². The average Bonchev–Trinajstić information content (AvgIpc) is 2.59. The lowest BCUT2D eigenvalue weighted by Crippen LogP contribution is -2.31. The lowest BCUT2D eigenvalue weighted by molar-refractivity contribution is -0.151. The smallest absolute Gasteiger partial charge is 0.309 e. The molecule has 0 unspecified atom stereocenters. The van der Waals surface area contributed by atoms with Crippen LogP contribution in [0.15, 0.2) is 25.7 Å². The van der Waals surface area contributed by atoms with Crippen LogP contribution in [0, 0.1) is 5.41 Å². The quantitative estimate of drug-likeness (QED) is 0.252. The molecule has 0 fully saturated rings. The molecule has 0 aromatic heterocycles. The minimum atomic E-state index is -0.807. The van der Waals surface area contributed by atoms with Gasteiger partial charge in [-0.05, 0) is 51.4 Å². The summed E-state index contributed by atoms with van der Waals surface area (Å²) in [6.45, 7) is 8.08. The molecule has 0 atom stereocenters. The highest BCUT2D eigenvalue weighted by atomic mass is 16.5. The molecule has 0 saturated carbocycles. The van der Waals surface area contributed by atoms with E-state index in [1.54, 1.807) is 0 Å². The molecular weight excluding hydrogens is 336 g/mol. The van der Waals surface area contributed by atoms with Crippen molar-refractivity contribution >= 4 is 11.9 Å². The second-order valence-electron chi connectivity index (χ2n) is 6.53. The van der Waals surface area contributed by atoms with E-state index >= 15 is 0 Å². The van der Waals surface area contributed by atoms with Crippen LogP contribution in [-0.2, 0) is 19.1 Å². The number of rotatable bonds is 19. The Hall–Kier alpha value is -1.98. The standard InChI is InChI=1S/C20H34O6/c1-3-25-16-10-8-14-20(19(23)24,15-9-11-17-26-4-2)13-7-5-6-12-18(21)22/h3-4H,1-2,5-17H2,(H,21,22)(H,23,24). The Morgan fingerprint density at radius 1 is 0.769 bits per heavy atom. The van der Waals surface area contributed by atoms with Gasteiger partial charge in [0.1, 0.15) is 0 Å². The molecule has 0 amide bonds. The van der Waals surface area contributed by atoms with Crippen molar-refractivity contribution in [2.75, 3.05) is 13.2 Å². The van der Waals surface area contributed by atoms with Crippen LogP contribution in [-0.4, -0.2) is 35.4 Å². The highest BCUT2D eigenvalue weighted by Gasteiger charge is 2.36. The molecule has 150 valence electrons. The number of ether oxygens (including phenoxy) is 2. The zero-order chi connectivity index (χ0) is 19.7. The van der Waals surface area contributed by atoms with E-state index in [0.29, 0.717) is 38.9 Å². The van der Waals surface area contributed by atoms with Gasteiger partial charge in [0.15, 0.2) is 0 Å². The molecule has 0 bridgehead atoms. The molecule has 0 aromatic carbocycles. The second kappa shape index (κ2) is 15.3. The normalized spacial score (nSPS) is 10.9. The molecule has 6 nitrogen and oxygen atoms in total. The number of hydrogen-bond donors (Lipinski definition) is 2. The molecular formula is C20H34O6. The van der Waals surface area contributed by atoms with Gasteiger partial charge in [-0.3, -0.25) is 9.59 Å². The molecule has 0 saturated heterocycles. The van der Waals surface area contributed by atoms with Gasteiger partial charge in [0.05, 0.1) is 31.2 Å². The fourth-order valence-corrected chi connectivity index (χ4v) is 3.08. The fraction of sp³-hybridized carbons (Fsp3) is 0.700. The SMILES string of the molecule is C=COCCCCC(CCCCCC(=O)O)(CCCCOC=C)C(=O)O. The highest BCUT2D eigenvalue weighted by Crippen LogP contribution is 2.37. The summed E-state index contributed by atoms with van der Waals surface area (Å²) >= 11 is 0. The van der Waals surface area contributed by atoms with Crippen molar-refractivity contribution in [3.05, 3.63) is 25.7 Å². The summed E-state index contributed by atoms with van der Waals surface area (Å²) in [6, 6.07) is 0. The average molecular weight is 370 g/mol. The lowest BCUT2D eigenvalue weighted by atomic mass is 9.74. The van der Waals surface area contributed by atoms with Gasteiger partial charge in [-0.1, -0.05) is 26.0 Å². The largest absolute Gasteiger partial charge is 0.502 e. The lowest BCUT2D eigenvalue weighted by Gasteiger charge is -2.30. The number of aliphatic carboxylic acids is 2. The zero-order valence-corrected chi connectivity index (χ0v) is 15.8. The van der Waals surface area contributed by atoms with Crippen LogP contribution in [0.1, 0.15) is 70.6 Å². The van der Waals surface area contributed by atoms with Gasteiger partial charge in [0.2, 0.25) is 0 Å². The second-order valence-corrected chi connectivity index (χ2v) is 6.53. The minimum absolute atomic E-state index is 0.137. The molecule has 0 aromatic rings. The van der Waals surface area contributed by atoms with Crippen LogP contribution in [0.5, 0.6) is 0 Å². The molecule has 0 spiro atoms. The molecule has 6 heteroatoms. The van der Waals surface area contributed by atoms with E-state index < -0.39 is 17.4 Å². The summed E-state index contributed by atoms with van der Waals surface area (Å²) in [5, 5.41) is 18.6. The maximum Gasteiger partial charge on any atom is 0.309 e. The molecule has 0 aliphatic carbocycles. The number of carbonyl (C=O) groups is 2. The minimum Gasteiger partial charge on any atom is -0.502 e. The van der Waals surface area contributed by atoms with Crippen molar-refractivity contribution in [1.82, 2.24) is 0 Å². The van der Waals surface area contributed by atoms with Crippen LogP contribution < -0.4 is 0 Å². The first-order valence-corrected chi connectivity index (χ1v) is 9.38. The molecule has 26 heavy (non-hydrogen) atoms. The van der Waals surface area contributed by atoms with Gasteiger partial charge in [-0.15, -0.1) is 0 Å². The van der Waals surface area contributed by atoms with Crippen molar-refractivity contribution in [3.63, 3.8) is 0 Å². The number of carboxylic acids is 2. The van der Waals surface area contributed by atoms with Gasteiger partial charge in [0, 0.05) is 6.42 Å². The van der Waals surface area contributed by atoms with Crippen molar-refractivity contribution < 1.29 is 29.3 Å². The van der Waals surface area contributed by atoms with E-state index in [4.69, 9.17) is 14.6 Å². The summed E-state index contributed by atoms with van der Waals surface area (Å²) in [7, 11) is 0. The molecule has 0 rings (SSSR count). The summed E-state index contributed by atoms with van der Waals surface area (Å²) in [4.78, 5) is 22.6. The number of unbranched alkanes of at least 4 members (excludes halogenated alkanes) is 4. The maximum atomic E-state index is 12.0. The van der Waals surface area contributed by atoms with Gasteiger partial charge in [-0.2, -0.15) is 0 Å². The summed E-state index contributed by atoms with van der Waals surface area (Å²) in [5.74, 6) is -1.57. The van der Waals surface area contributed by atoms with E-state index in [-0.39, 0.29) is 6.42 Å². The first kappa shape index (κ1) is 24.0. The Kier molecular flexibility index (Phi) is 14.1. The Morgan fingerprint density at radius 3 is 1.62 bits per heavy atom. The van der Waals surface area contributed by atoms with Crippen LogP contribution in [0.2, 0.25) is 0 Å². The Bertz CT molecular complexity index is 401. The van der Waals surface area contributed by atoms with E-state index in [2.05, 4.69) is 13.2 Å². The van der Waals surface area contributed by atoms with Crippen molar-refractivity contribution in [1.29, 1.82) is 0 Å². The van der Waals surface area contributed by atoms with Crippen molar-refractivity contribution in [2.45, 2.75) is 70.6 Å². The van der Waals surface area contributed by atoms with Gasteiger partial charge < -0.3 is 19.7 Å². The maximum absolute atomic E-state index is 12.0. The van der Waals surface area contributed by atoms with E-state index in [0.717, 1.165) is 38.5 Å². The summed E-state index contributed by atoms with van der Waals surface area (Å²) < 4.78 is 10.2. The van der Waals surface area contributed by atoms with Crippen molar-refractivity contribution in [2.24, 2.45) is 5.41 Å². The third-order valence-corrected chi connectivity index (χ3v) is 4.57. The van der Waals surface area contributed by atoms with E-state index in [1.165, 1.54) is 12.5 Å². The predicted molar refractivity (Wildman–Crippen MR) is 101 cm³/mol. The van der Waals surface area contributed by atoms with Crippen molar-refractivity contribution in [3.8, 4) is 0 Å². The van der Waals surface area contributed by atoms with Gasteiger partial charge >= 0.3 is 11.9 Å². The zero-order valence-electron chi connectivity index (χ0n) is 15.8. The molecule has 0 heterocycles. The van der Waals surface area contributed by atoms with E-state index in [9.17, 15) is 14.7 Å². The Morgan fingerprint density at radius 2 is 1.23 bits per heavy atom. The van der Waals surface area contributed by atoms with Crippen LogP contribution in [0.4, 0.5) is 0 Å². The molecule has 0 aliphatic rings. The topological polar surface area (TPSA) is 93.1 Å². The van der Waals surface area contributed by atoms with Gasteiger partial charge in [0.25, 0.3) is 0 Å². The fourth-order valence-electron chi connectivity index (χ4n) is 3.08. The Labute approximate surface area is 156 Å². The first-order valence-electron chi connectivity index (χ1n) is 9.38. The third kappa shape index (κ3) is 11.6.